The number of alkyl halides is 3. The molecule has 0 atom stereocenters. The highest BCUT2D eigenvalue weighted by Crippen LogP contribution is 2.42. The van der Waals surface area contributed by atoms with Gasteiger partial charge in [-0.05, 0) is 50.0 Å². The Bertz CT molecular complexity index is 1090. The number of hydrogen-bond acceptors (Lipinski definition) is 6. The van der Waals surface area contributed by atoms with Crippen molar-refractivity contribution in [1.29, 1.82) is 0 Å². The van der Waals surface area contributed by atoms with Crippen molar-refractivity contribution < 1.29 is 27.5 Å². The topological polar surface area (TPSA) is 88.5 Å². The number of halogens is 3. The highest BCUT2D eigenvalue weighted by atomic mass is 32.1. The van der Waals surface area contributed by atoms with Gasteiger partial charge in [0, 0.05) is 38.8 Å². The SMILES string of the molecule is COC(=O)c1c(NC(=S)NCCCn2nc(C(F)(F)F)cc2C2CC2)sc(C(=O)N(C)C)c1C. The van der Waals surface area contributed by atoms with Gasteiger partial charge in [-0.1, -0.05) is 0 Å². The Balaban J connectivity index is 1.62. The van der Waals surface area contributed by atoms with Crippen LogP contribution in [0.5, 0.6) is 0 Å². The van der Waals surface area contributed by atoms with Gasteiger partial charge in [0.2, 0.25) is 0 Å². The van der Waals surface area contributed by atoms with E-state index in [1.165, 1.54) is 16.7 Å². The van der Waals surface area contributed by atoms with E-state index < -0.39 is 17.8 Å². The highest BCUT2D eigenvalue weighted by Gasteiger charge is 2.37. The molecule has 1 amide bonds. The maximum atomic E-state index is 13.0. The molecule has 2 aromatic heterocycles. The molecule has 13 heteroatoms. The molecule has 1 saturated carbocycles. The van der Waals surface area contributed by atoms with Crippen LogP contribution in [0.3, 0.4) is 0 Å². The third kappa shape index (κ3) is 5.87. The van der Waals surface area contributed by atoms with E-state index in [-0.39, 0.29) is 22.5 Å². The van der Waals surface area contributed by atoms with Crippen molar-refractivity contribution in [1.82, 2.24) is 20.0 Å². The molecule has 0 spiro atoms. The van der Waals surface area contributed by atoms with Crippen molar-refractivity contribution in [3.05, 3.63) is 33.5 Å². The number of ether oxygens (including phenoxy) is 1. The van der Waals surface area contributed by atoms with Crippen molar-refractivity contribution in [2.45, 2.75) is 44.8 Å². The molecule has 0 bridgehead atoms. The lowest BCUT2D eigenvalue weighted by Gasteiger charge is -2.11. The Morgan fingerprint density at radius 3 is 2.59 bits per heavy atom. The van der Waals surface area contributed by atoms with Crippen molar-refractivity contribution >= 4 is 45.5 Å². The van der Waals surface area contributed by atoms with Crippen LogP contribution in [0.15, 0.2) is 6.07 Å². The van der Waals surface area contributed by atoms with Gasteiger partial charge in [0.1, 0.15) is 5.00 Å². The first-order valence-electron chi connectivity index (χ1n) is 10.6. The fraction of sp³-hybridized carbons (Fsp3) is 0.524. The molecule has 0 saturated heterocycles. The van der Waals surface area contributed by atoms with Crippen LogP contribution < -0.4 is 10.6 Å². The van der Waals surface area contributed by atoms with Crippen LogP contribution in [0.2, 0.25) is 0 Å². The maximum absolute atomic E-state index is 13.0. The van der Waals surface area contributed by atoms with Gasteiger partial charge in [-0.15, -0.1) is 11.3 Å². The molecular weight excluding hydrogens is 491 g/mol. The molecule has 1 fully saturated rings. The summed E-state index contributed by atoms with van der Waals surface area (Å²) in [4.78, 5) is 26.5. The fourth-order valence-corrected chi connectivity index (χ4v) is 4.88. The van der Waals surface area contributed by atoms with E-state index in [0.29, 0.717) is 40.6 Å². The Labute approximate surface area is 204 Å². The lowest BCUT2D eigenvalue weighted by Crippen LogP contribution is -2.30. The first-order chi connectivity index (χ1) is 15.9. The number of hydrogen-bond donors (Lipinski definition) is 2. The number of methoxy groups -OCH3 is 1. The number of thiophene rings is 1. The Morgan fingerprint density at radius 1 is 1.35 bits per heavy atom. The van der Waals surface area contributed by atoms with E-state index in [0.717, 1.165) is 30.2 Å². The standard InChI is InChI=1S/C21H26F3N5O3S2/c1-11-15(19(31)32-4)17(34-16(11)18(30)28(2)3)26-20(33)25-8-5-9-29-13(12-6-7-12)10-14(27-29)21(22,23)24/h10,12H,5-9H2,1-4H3,(H2,25,26,33). The van der Waals surface area contributed by atoms with Crippen LogP contribution in [0.1, 0.15) is 62.2 Å². The number of carbonyl (C=O) groups is 2. The Hall–Kier alpha value is -2.67. The van der Waals surface area contributed by atoms with Crippen LogP contribution in [0.25, 0.3) is 0 Å². The first-order valence-corrected chi connectivity index (χ1v) is 11.8. The van der Waals surface area contributed by atoms with Crippen LogP contribution in [0, 0.1) is 6.92 Å². The summed E-state index contributed by atoms with van der Waals surface area (Å²) in [5.74, 6) is -0.704. The molecule has 1 aliphatic rings. The van der Waals surface area contributed by atoms with E-state index in [1.807, 2.05) is 0 Å². The van der Waals surface area contributed by atoms with Crippen LogP contribution in [0.4, 0.5) is 18.2 Å². The third-order valence-electron chi connectivity index (χ3n) is 5.29. The van der Waals surface area contributed by atoms with Gasteiger partial charge < -0.3 is 20.3 Å². The van der Waals surface area contributed by atoms with E-state index in [4.69, 9.17) is 17.0 Å². The van der Waals surface area contributed by atoms with E-state index in [9.17, 15) is 22.8 Å². The number of thiocarbonyl (C=S) groups is 1. The predicted octanol–water partition coefficient (Wildman–Crippen LogP) is 4.01. The van der Waals surface area contributed by atoms with E-state index >= 15 is 0 Å². The molecule has 0 aromatic carbocycles. The van der Waals surface area contributed by atoms with E-state index in [1.54, 1.807) is 21.0 Å². The highest BCUT2D eigenvalue weighted by molar-refractivity contribution is 7.80. The Morgan fingerprint density at radius 2 is 2.03 bits per heavy atom. The van der Waals surface area contributed by atoms with Crippen LogP contribution in [-0.4, -0.2) is 59.4 Å². The second-order valence-electron chi connectivity index (χ2n) is 8.14. The van der Waals surface area contributed by atoms with Crippen LogP contribution in [-0.2, 0) is 17.5 Å². The number of rotatable bonds is 8. The van der Waals surface area contributed by atoms with Gasteiger partial charge in [-0.3, -0.25) is 9.48 Å². The number of amides is 1. The summed E-state index contributed by atoms with van der Waals surface area (Å²) in [5.41, 5.74) is 0.466. The quantitative estimate of drug-likeness (QED) is 0.311. The minimum absolute atomic E-state index is 0.136. The smallest absolute Gasteiger partial charge is 0.435 e. The van der Waals surface area contributed by atoms with Crippen molar-refractivity contribution in [3.63, 3.8) is 0 Å². The van der Waals surface area contributed by atoms with Crippen molar-refractivity contribution in [2.24, 2.45) is 0 Å². The fourth-order valence-electron chi connectivity index (χ4n) is 3.39. The number of anilines is 1. The van der Waals surface area contributed by atoms with Gasteiger partial charge in [0.05, 0.1) is 17.6 Å². The minimum Gasteiger partial charge on any atom is -0.465 e. The zero-order valence-corrected chi connectivity index (χ0v) is 20.8. The third-order valence-corrected chi connectivity index (χ3v) is 6.73. The zero-order chi connectivity index (χ0) is 25.2. The van der Waals surface area contributed by atoms with Crippen LogP contribution >= 0.6 is 23.6 Å². The van der Waals surface area contributed by atoms with Gasteiger partial charge in [0.25, 0.3) is 5.91 Å². The first kappa shape index (κ1) is 25.9. The molecule has 2 heterocycles. The van der Waals surface area contributed by atoms with Crippen molar-refractivity contribution in [2.75, 3.05) is 33.1 Å². The molecule has 0 radical (unpaired) electrons. The molecule has 2 N–H and O–H groups in total. The van der Waals surface area contributed by atoms with Gasteiger partial charge in [0.15, 0.2) is 10.8 Å². The molecule has 186 valence electrons. The summed E-state index contributed by atoms with van der Waals surface area (Å²) in [6.07, 6.45) is -2.24. The molecule has 34 heavy (non-hydrogen) atoms. The number of aromatic nitrogens is 2. The maximum Gasteiger partial charge on any atom is 0.435 e. The lowest BCUT2D eigenvalue weighted by molar-refractivity contribution is -0.141. The molecule has 0 unspecified atom stereocenters. The van der Waals surface area contributed by atoms with Gasteiger partial charge >= 0.3 is 12.1 Å². The molecular formula is C21H26F3N5O3S2. The number of aryl methyl sites for hydroxylation is 1. The summed E-state index contributed by atoms with van der Waals surface area (Å²) in [6.45, 7) is 2.35. The predicted molar refractivity (Wildman–Crippen MR) is 126 cm³/mol. The van der Waals surface area contributed by atoms with Crippen molar-refractivity contribution in [3.8, 4) is 0 Å². The van der Waals surface area contributed by atoms with Gasteiger partial charge in [-0.25, -0.2) is 4.79 Å². The number of nitrogens with one attached hydrogen (secondary N) is 2. The summed E-state index contributed by atoms with van der Waals surface area (Å²) < 4.78 is 45.4. The number of carbonyl (C=O) groups excluding carboxylic acids is 2. The molecule has 8 nitrogen and oxygen atoms in total. The number of esters is 1. The van der Waals surface area contributed by atoms with Gasteiger partial charge in [-0.2, -0.15) is 18.3 Å². The second kappa shape index (κ2) is 10.3. The summed E-state index contributed by atoms with van der Waals surface area (Å²) in [7, 11) is 4.48. The minimum atomic E-state index is -4.47. The Kier molecular flexibility index (Phi) is 7.86. The summed E-state index contributed by atoms with van der Waals surface area (Å²) in [6, 6.07) is 1.14. The molecule has 3 rings (SSSR count). The monoisotopic (exact) mass is 517 g/mol. The summed E-state index contributed by atoms with van der Waals surface area (Å²) in [5, 5.41) is 10.3. The molecule has 0 aliphatic heterocycles. The van der Waals surface area contributed by atoms with E-state index in [2.05, 4.69) is 15.7 Å². The average Bonchev–Trinajstić information content (AvgIpc) is 3.43. The lowest BCUT2D eigenvalue weighted by atomic mass is 10.1. The average molecular weight is 518 g/mol. The summed E-state index contributed by atoms with van der Waals surface area (Å²) >= 11 is 6.41. The second-order valence-corrected chi connectivity index (χ2v) is 9.56. The molecule has 1 aliphatic carbocycles. The number of nitrogens with zero attached hydrogens (tertiary/aromatic N) is 3. The normalized spacial score (nSPS) is 13.5. The largest absolute Gasteiger partial charge is 0.465 e. The zero-order valence-electron chi connectivity index (χ0n) is 19.2. The molecule has 2 aromatic rings.